The summed E-state index contributed by atoms with van der Waals surface area (Å²) in [5.41, 5.74) is 0.695. The average molecular weight is 420 g/mol. The third-order valence-corrected chi connectivity index (χ3v) is 5.26. The van der Waals surface area contributed by atoms with E-state index in [-0.39, 0.29) is 27.8 Å². The van der Waals surface area contributed by atoms with Crippen LogP contribution in [0.5, 0.6) is 0 Å². The molecule has 0 fully saturated rings. The summed E-state index contributed by atoms with van der Waals surface area (Å²) < 4.78 is 5.92. The van der Waals surface area contributed by atoms with Gasteiger partial charge in [0.05, 0.1) is 25.2 Å². The first-order chi connectivity index (χ1) is 14.6. The van der Waals surface area contributed by atoms with Gasteiger partial charge in [0.1, 0.15) is 4.88 Å². The van der Waals surface area contributed by atoms with E-state index in [1.54, 1.807) is 24.3 Å². The molecule has 2 aromatic carbocycles. The third kappa shape index (κ3) is 3.83. The van der Waals surface area contributed by atoms with E-state index in [4.69, 9.17) is 0 Å². The van der Waals surface area contributed by atoms with Crippen LogP contribution in [0.3, 0.4) is 0 Å². The second-order valence-electron chi connectivity index (χ2n) is 6.32. The van der Waals surface area contributed by atoms with Crippen LogP contribution in [0.2, 0.25) is 0 Å². The van der Waals surface area contributed by atoms with E-state index < -0.39 is 11.9 Å². The van der Waals surface area contributed by atoms with Gasteiger partial charge in [0.2, 0.25) is 0 Å². The van der Waals surface area contributed by atoms with Crippen molar-refractivity contribution in [2.45, 2.75) is 6.54 Å². The number of thiazole rings is 1. The molecule has 0 aliphatic rings. The molecule has 0 radical (unpaired) electrons. The standard InChI is InChI=1S/C21H16N4O4S/c1-29-20(28)16-11-22-21(30-16)23-18(26)17-14-9-5-6-10-15(14)19(27)25(24-17)12-13-7-3-2-4-8-13/h2-11H,12H2,1H3,(H,22,23,26). The van der Waals surface area contributed by atoms with Crippen LogP contribution in [-0.4, -0.2) is 33.8 Å². The van der Waals surface area contributed by atoms with Gasteiger partial charge in [-0.3, -0.25) is 14.9 Å². The SMILES string of the molecule is COC(=O)c1cnc(NC(=O)c2nn(Cc3ccccc3)c(=O)c3ccccc23)s1. The van der Waals surface area contributed by atoms with Crippen molar-refractivity contribution in [3.63, 3.8) is 0 Å². The first-order valence-corrected chi connectivity index (χ1v) is 9.77. The van der Waals surface area contributed by atoms with E-state index in [2.05, 4.69) is 20.1 Å². The molecular formula is C21H16N4O4S. The molecule has 2 aromatic heterocycles. The molecular weight excluding hydrogens is 404 g/mol. The second kappa shape index (κ2) is 8.26. The molecule has 0 atom stereocenters. The summed E-state index contributed by atoms with van der Waals surface area (Å²) in [6.45, 7) is 0.231. The van der Waals surface area contributed by atoms with Gasteiger partial charge >= 0.3 is 5.97 Å². The number of rotatable bonds is 5. The van der Waals surface area contributed by atoms with Crippen molar-refractivity contribution >= 4 is 39.1 Å². The van der Waals surface area contributed by atoms with Gasteiger partial charge in [0, 0.05) is 5.39 Å². The van der Waals surface area contributed by atoms with Crippen molar-refractivity contribution in [2.24, 2.45) is 0 Å². The van der Waals surface area contributed by atoms with Gasteiger partial charge in [0.15, 0.2) is 10.8 Å². The lowest BCUT2D eigenvalue weighted by molar-refractivity contribution is 0.0606. The minimum atomic E-state index is -0.534. The van der Waals surface area contributed by atoms with Gasteiger partial charge < -0.3 is 4.74 Å². The first kappa shape index (κ1) is 19.5. The molecule has 9 heteroatoms. The Hall–Kier alpha value is -3.85. The van der Waals surface area contributed by atoms with E-state index in [0.29, 0.717) is 10.8 Å². The zero-order chi connectivity index (χ0) is 21.1. The number of methoxy groups -OCH3 is 1. The van der Waals surface area contributed by atoms with Crippen molar-refractivity contribution in [3.05, 3.63) is 87.3 Å². The molecule has 2 heterocycles. The van der Waals surface area contributed by atoms with Crippen molar-refractivity contribution in [1.82, 2.24) is 14.8 Å². The lowest BCUT2D eigenvalue weighted by atomic mass is 10.1. The smallest absolute Gasteiger partial charge is 0.349 e. The molecule has 30 heavy (non-hydrogen) atoms. The lowest BCUT2D eigenvalue weighted by Gasteiger charge is -2.10. The molecule has 0 unspecified atom stereocenters. The number of hydrogen-bond donors (Lipinski definition) is 1. The fraction of sp³-hybridized carbons (Fsp3) is 0.0952. The van der Waals surface area contributed by atoms with Gasteiger partial charge in [0.25, 0.3) is 11.5 Å². The minimum Gasteiger partial charge on any atom is -0.465 e. The summed E-state index contributed by atoms with van der Waals surface area (Å²) >= 11 is 0.990. The molecule has 0 aliphatic heterocycles. The lowest BCUT2D eigenvalue weighted by Crippen LogP contribution is -2.28. The maximum Gasteiger partial charge on any atom is 0.349 e. The fourth-order valence-corrected chi connectivity index (χ4v) is 3.68. The normalized spacial score (nSPS) is 10.7. The van der Waals surface area contributed by atoms with E-state index >= 15 is 0 Å². The number of aromatic nitrogens is 3. The molecule has 0 aliphatic carbocycles. The molecule has 8 nitrogen and oxygen atoms in total. The molecule has 0 saturated heterocycles. The molecule has 1 N–H and O–H groups in total. The summed E-state index contributed by atoms with van der Waals surface area (Å²) in [6.07, 6.45) is 1.33. The molecule has 1 amide bonds. The Bertz CT molecular complexity index is 1300. The Morgan fingerprint density at radius 3 is 2.50 bits per heavy atom. The summed E-state index contributed by atoms with van der Waals surface area (Å²) in [7, 11) is 1.27. The van der Waals surface area contributed by atoms with Gasteiger partial charge in [-0.25, -0.2) is 14.5 Å². The first-order valence-electron chi connectivity index (χ1n) is 8.96. The van der Waals surface area contributed by atoms with Crippen LogP contribution in [0.4, 0.5) is 5.13 Å². The highest BCUT2D eigenvalue weighted by molar-refractivity contribution is 7.17. The van der Waals surface area contributed by atoms with E-state index in [0.717, 1.165) is 16.9 Å². The number of amides is 1. The van der Waals surface area contributed by atoms with Gasteiger partial charge in [-0.1, -0.05) is 59.9 Å². The molecule has 0 saturated carbocycles. The van der Waals surface area contributed by atoms with Crippen LogP contribution >= 0.6 is 11.3 Å². The van der Waals surface area contributed by atoms with Crippen molar-refractivity contribution in [3.8, 4) is 0 Å². The number of benzene rings is 2. The highest BCUT2D eigenvalue weighted by Crippen LogP contribution is 2.21. The monoisotopic (exact) mass is 420 g/mol. The Morgan fingerprint density at radius 1 is 1.07 bits per heavy atom. The van der Waals surface area contributed by atoms with Gasteiger partial charge in [-0.15, -0.1) is 0 Å². The molecule has 4 aromatic rings. The molecule has 4 rings (SSSR count). The van der Waals surface area contributed by atoms with Crippen LogP contribution < -0.4 is 10.9 Å². The Balaban J connectivity index is 1.73. The van der Waals surface area contributed by atoms with Gasteiger partial charge in [-0.05, 0) is 11.6 Å². The Kier molecular flexibility index (Phi) is 5.36. The van der Waals surface area contributed by atoms with Crippen LogP contribution in [0, 0.1) is 0 Å². The molecule has 150 valence electrons. The maximum absolute atomic E-state index is 13.0. The number of nitrogens with zero attached hydrogens (tertiary/aromatic N) is 3. The highest BCUT2D eigenvalue weighted by Gasteiger charge is 2.19. The van der Waals surface area contributed by atoms with Crippen LogP contribution in [-0.2, 0) is 11.3 Å². The summed E-state index contributed by atoms with van der Waals surface area (Å²) in [6, 6.07) is 16.2. The number of hydrogen-bond acceptors (Lipinski definition) is 7. The summed E-state index contributed by atoms with van der Waals surface area (Å²) in [4.78, 5) is 41.7. The number of esters is 1. The van der Waals surface area contributed by atoms with Crippen LogP contribution in [0.15, 0.2) is 65.6 Å². The topological polar surface area (TPSA) is 103 Å². The fourth-order valence-electron chi connectivity index (χ4n) is 2.95. The Labute approximate surface area is 174 Å². The van der Waals surface area contributed by atoms with Crippen LogP contribution in [0.1, 0.15) is 25.7 Å². The summed E-state index contributed by atoms with van der Waals surface area (Å²) in [5, 5.41) is 8.03. The zero-order valence-corrected chi connectivity index (χ0v) is 16.7. The largest absolute Gasteiger partial charge is 0.465 e. The second-order valence-corrected chi connectivity index (χ2v) is 7.35. The average Bonchev–Trinajstić information content (AvgIpc) is 3.24. The number of carbonyl (C=O) groups is 2. The number of nitrogens with one attached hydrogen (secondary N) is 1. The van der Waals surface area contributed by atoms with E-state index in [1.807, 2.05) is 30.3 Å². The third-order valence-electron chi connectivity index (χ3n) is 4.37. The number of fused-ring (bicyclic) bond motifs is 1. The summed E-state index contributed by atoms with van der Waals surface area (Å²) in [5.74, 6) is -1.06. The number of ether oxygens (including phenoxy) is 1. The predicted molar refractivity (Wildman–Crippen MR) is 113 cm³/mol. The van der Waals surface area contributed by atoms with Crippen molar-refractivity contribution < 1.29 is 14.3 Å². The van der Waals surface area contributed by atoms with E-state index in [1.165, 1.54) is 18.0 Å². The maximum atomic E-state index is 13.0. The van der Waals surface area contributed by atoms with Crippen molar-refractivity contribution in [1.29, 1.82) is 0 Å². The minimum absolute atomic E-state index is 0.0935. The quantitative estimate of drug-likeness (QED) is 0.498. The van der Waals surface area contributed by atoms with Crippen LogP contribution in [0.25, 0.3) is 10.8 Å². The molecule has 0 bridgehead atoms. The Morgan fingerprint density at radius 2 is 1.77 bits per heavy atom. The van der Waals surface area contributed by atoms with E-state index in [9.17, 15) is 14.4 Å². The highest BCUT2D eigenvalue weighted by atomic mass is 32.1. The zero-order valence-electron chi connectivity index (χ0n) is 15.9. The van der Waals surface area contributed by atoms with Crippen molar-refractivity contribution in [2.75, 3.05) is 12.4 Å². The molecule has 0 spiro atoms. The predicted octanol–water partition coefficient (Wildman–Crippen LogP) is 2.94. The van der Waals surface area contributed by atoms with Gasteiger partial charge in [-0.2, -0.15) is 5.10 Å². The number of carbonyl (C=O) groups excluding carboxylic acids is 2. The number of anilines is 1.